The normalized spacial score (nSPS) is 12.5. The Morgan fingerprint density at radius 1 is 1.13 bits per heavy atom. The molecule has 0 bridgehead atoms. The van der Waals surface area contributed by atoms with E-state index in [1.54, 1.807) is 0 Å². The van der Waals surface area contributed by atoms with Gasteiger partial charge in [0.25, 0.3) is 0 Å². The lowest BCUT2D eigenvalue weighted by Gasteiger charge is -2.12. The molecule has 0 radical (unpaired) electrons. The Bertz CT molecular complexity index is 1150. The number of benzene rings is 2. The molecule has 4 rings (SSSR count). The summed E-state index contributed by atoms with van der Waals surface area (Å²) in [6, 6.07) is 13.7. The minimum absolute atomic E-state index is 0.231. The van der Waals surface area contributed by atoms with Gasteiger partial charge in [-0.15, -0.1) is 11.3 Å². The van der Waals surface area contributed by atoms with Crippen LogP contribution in [0.3, 0.4) is 0 Å². The standard InChI is InChI=1S/C24H22N2O4S/c1-3-9-28-20-7-5-16(11-22(20)27-4-2)10-18(13-25)24-26-19(14-31-24)17-6-8-21-23(12-17)30-15-29-21/h5-8,10-12,14H,3-4,9,15H2,1-2H3. The minimum Gasteiger partial charge on any atom is -0.490 e. The van der Waals surface area contributed by atoms with Gasteiger partial charge in [0.15, 0.2) is 23.0 Å². The summed E-state index contributed by atoms with van der Waals surface area (Å²) in [6.45, 7) is 5.38. The second-order valence-electron chi connectivity index (χ2n) is 6.76. The van der Waals surface area contributed by atoms with Gasteiger partial charge in [0, 0.05) is 10.9 Å². The maximum atomic E-state index is 9.75. The number of allylic oxidation sites excluding steroid dienone is 1. The first-order valence-electron chi connectivity index (χ1n) is 10.1. The molecule has 1 aromatic heterocycles. The molecule has 2 heterocycles. The Morgan fingerprint density at radius 2 is 2.00 bits per heavy atom. The smallest absolute Gasteiger partial charge is 0.231 e. The van der Waals surface area contributed by atoms with E-state index in [2.05, 4.69) is 18.0 Å². The molecule has 1 aliphatic rings. The molecule has 0 spiro atoms. The molecule has 6 nitrogen and oxygen atoms in total. The van der Waals surface area contributed by atoms with E-state index in [1.165, 1.54) is 11.3 Å². The molecule has 158 valence electrons. The molecule has 0 unspecified atom stereocenters. The molecule has 31 heavy (non-hydrogen) atoms. The molecular weight excluding hydrogens is 412 g/mol. The van der Waals surface area contributed by atoms with Crippen molar-refractivity contribution >= 4 is 23.0 Å². The van der Waals surface area contributed by atoms with Crippen LogP contribution in [0.5, 0.6) is 23.0 Å². The van der Waals surface area contributed by atoms with Crippen molar-refractivity contribution in [3.8, 4) is 40.3 Å². The van der Waals surface area contributed by atoms with Gasteiger partial charge in [0.1, 0.15) is 11.1 Å². The molecule has 3 aromatic rings. The zero-order chi connectivity index (χ0) is 21.6. The first-order valence-corrected chi connectivity index (χ1v) is 11.0. The molecule has 1 aliphatic heterocycles. The number of thiazole rings is 1. The Kier molecular flexibility index (Phi) is 6.39. The fourth-order valence-electron chi connectivity index (χ4n) is 3.11. The van der Waals surface area contributed by atoms with Crippen molar-refractivity contribution in [1.29, 1.82) is 5.26 Å². The number of nitrogens with zero attached hydrogens (tertiary/aromatic N) is 2. The predicted molar refractivity (Wildman–Crippen MR) is 121 cm³/mol. The van der Waals surface area contributed by atoms with Gasteiger partial charge in [0.2, 0.25) is 6.79 Å². The molecule has 0 fully saturated rings. The van der Waals surface area contributed by atoms with Crippen LogP contribution >= 0.6 is 11.3 Å². The number of fused-ring (bicyclic) bond motifs is 1. The van der Waals surface area contributed by atoms with Gasteiger partial charge in [-0.3, -0.25) is 0 Å². The highest BCUT2D eigenvalue weighted by atomic mass is 32.1. The number of aromatic nitrogens is 1. The van der Waals surface area contributed by atoms with E-state index in [0.29, 0.717) is 41.0 Å². The lowest BCUT2D eigenvalue weighted by atomic mass is 10.1. The third kappa shape index (κ3) is 4.65. The zero-order valence-electron chi connectivity index (χ0n) is 17.4. The first kappa shape index (κ1) is 20.8. The molecule has 2 aromatic carbocycles. The maximum Gasteiger partial charge on any atom is 0.231 e. The topological polar surface area (TPSA) is 73.6 Å². The van der Waals surface area contributed by atoms with Crippen molar-refractivity contribution < 1.29 is 18.9 Å². The Balaban J connectivity index is 1.60. The van der Waals surface area contributed by atoms with Crippen molar-refractivity contribution in [3.63, 3.8) is 0 Å². The maximum absolute atomic E-state index is 9.75. The van der Waals surface area contributed by atoms with Crippen LogP contribution in [0.15, 0.2) is 41.8 Å². The largest absolute Gasteiger partial charge is 0.490 e. The van der Waals surface area contributed by atoms with E-state index in [-0.39, 0.29) is 6.79 Å². The molecule has 0 saturated carbocycles. The highest BCUT2D eigenvalue weighted by molar-refractivity contribution is 7.11. The molecule has 0 saturated heterocycles. The van der Waals surface area contributed by atoms with Gasteiger partial charge >= 0.3 is 0 Å². The highest BCUT2D eigenvalue weighted by Crippen LogP contribution is 2.37. The number of nitriles is 1. The highest BCUT2D eigenvalue weighted by Gasteiger charge is 2.16. The summed E-state index contributed by atoms with van der Waals surface area (Å²) in [4.78, 5) is 4.67. The summed E-state index contributed by atoms with van der Waals surface area (Å²) in [5, 5.41) is 12.3. The average molecular weight is 435 g/mol. The van der Waals surface area contributed by atoms with Gasteiger partial charge in [-0.2, -0.15) is 5.26 Å². The average Bonchev–Trinajstić information content (AvgIpc) is 3.46. The lowest BCUT2D eigenvalue weighted by molar-refractivity contribution is 0.174. The lowest BCUT2D eigenvalue weighted by Crippen LogP contribution is -2.00. The van der Waals surface area contributed by atoms with E-state index in [9.17, 15) is 5.26 Å². The van der Waals surface area contributed by atoms with Crippen LogP contribution in [-0.4, -0.2) is 25.0 Å². The third-order valence-corrected chi connectivity index (χ3v) is 5.44. The Labute approximate surface area is 185 Å². The fourth-order valence-corrected chi connectivity index (χ4v) is 3.90. The summed E-state index contributed by atoms with van der Waals surface area (Å²) < 4.78 is 22.3. The van der Waals surface area contributed by atoms with E-state index >= 15 is 0 Å². The Morgan fingerprint density at radius 3 is 2.81 bits per heavy atom. The van der Waals surface area contributed by atoms with Gasteiger partial charge < -0.3 is 18.9 Å². The van der Waals surface area contributed by atoms with Crippen molar-refractivity contribution in [1.82, 2.24) is 4.98 Å². The fraction of sp³-hybridized carbons (Fsp3) is 0.250. The number of hydrogen-bond acceptors (Lipinski definition) is 7. The van der Waals surface area contributed by atoms with Crippen molar-refractivity contribution in [3.05, 3.63) is 52.3 Å². The van der Waals surface area contributed by atoms with Crippen molar-refractivity contribution in [2.24, 2.45) is 0 Å². The van der Waals surface area contributed by atoms with Gasteiger partial charge in [-0.1, -0.05) is 13.0 Å². The first-order chi connectivity index (χ1) is 15.2. The van der Waals surface area contributed by atoms with Crippen LogP contribution in [-0.2, 0) is 0 Å². The second-order valence-corrected chi connectivity index (χ2v) is 7.62. The van der Waals surface area contributed by atoms with Crippen LogP contribution in [0, 0.1) is 11.3 Å². The van der Waals surface area contributed by atoms with Gasteiger partial charge in [-0.25, -0.2) is 4.98 Å². The molecule has 0 aliphatic carbocycles. The van der Waals surface area contributed by atoms with E-state index in [4.69, 9.17) is 18.9 Å². The predicted octanol–water partition coefficient (Wildman–Crippen LogP) is 5.79. The van der Waals surface area contributed by atoms with Crippen LogP contribution in [0.1, 0.15) is 30.8 Å². The number of ether oxygens (including phenoxy) is 4. The number of hydrogen-bond donors (Lipinski definition) is 0. The summed E-state index contributed by atoms with van der Waals surface area (Å²) >= 11 is 1.43. The SMILES string of the molecule is CCCOc1ccc(C=C(C#N)c2nc(-c3ccc4c(c3)OCO4)cs2)cc1OCC. The minimum atomic E-state index is 0.231. The van der Waals surface area contributed by atoms with Crippen LogP contribution in [0.25, 0.3) is 22.9 Å². The summed E-state index contributed by atoms with van der Waals surface area (Å²) in [6.07, 6.45) is 2.73. The molecule has 0 N–H and O–H groups in total. The molecule has 0 atom stereocenters. The quantitative estimate of drug-likeness (QED) is 0.418. The summed E-state index contributed by atoms with van der Waals surface area (Å²) in [5.74, 6) is 2.81. The van der Waals surface area contributed by atoms with E-state index in [1.807, 2.05) is 54.8 Å². The molecular formula is C24H22N2O4S. The van der Waals surface area contributed by atoms with Gasteiger partial charge in [-0.05, 0) is 55.3 Å². The van der Waals surface area contributed by atoms with Crippen LogP contribution in [0.2, 0.25) is 0 Å². The van der Waals surface area contributed by atoms with E-state index < -0.39 is 0 Å². The number of rotatable bonds is 8. The third-order valence-electron chi connectivity index (χ3n) is 4.56. The van der Waals surface area contributed by atoms with E-state index in [0.717, 1.165) is 29.0 Å². The van der Waals surface area contributed by atoms with Gasteiger partial charge in [0.05, 0.1) is 24.5 Å². The summed E-state index contributed by atoms with van der Waals surface area (Å²) in [5.41, 5.74) is 3.04. The molecule has 0 amide bonds. The second kappa shape index (κ2) is 9.54. The molecule has 7 heteroatoms. The van der Waals surface area contributed by atoms with Crippen LogP contribution < -0.4 is 18.9 Å². The summed E-state index contributed by atoms with van der Waals surface area (Å²) in [7, 11) is 0. The zero-order valence-corrected chi connectivity index (χ0v) is 18.2. The van der Waals surface area contributed by atoms with Crippen molar-refractivity contribution in [2.45, 2.75) is 20.3 Å². The Hall–Kier alpha value is -3.50. The van der Waals surface area contributed by atoms with Crippen molar-refractivity contribution in [2.75, 3.05) is 20.0 Å². The monoisotopic (exact) mass is 434 g/mol. The van der Waals surface area contributed by atoms with Crippen LogP contribution in [0.4, 0.5) is 0 Å².